The average Bonchev–Trinajstić information content (AvgIpc) is 2.77. The number of hydrogen-bond acceptors (Lipinski definition) is 4. The molecule has 4 nitrogen and oxygen atoms in total. The van der Waals surface area contributed by atoms with Gasteiger partial charge in [-0.05, 0) is 24.3 Å². The van der Waals surface area contributed by atoms with Gasteiger partial charge >= 0.3 is 0 Å². The second-order valence-electron chi connectivity index (χ2n) is 4.39. The molecule has 0 unspecified atom stereocenters. The molecule has 0 aliphatic carbocycles. The first-order valence-corrected chi connectivity index (χ1v) is 6.23. The molecule has 19 heavy (non-hydrogen) atoms. The molecular formula is C14H18FNO3. The van der Waals surface area contributed by atoms with E-state index in [4.69, 9.17) is 14.3 Å². The van der Waals surface area contributed by atoms with E-state index in [0.29, 0.717) is 31.8 Å². The van der Waals surface area contributed by atoms with Crippen molar-refractivity contribution in [3.05, 3.63) is 35.8 Å². The molecule has 0 aliphatic rings. The van der Waals surface area contributed by atoms with Crippen molar-refractivity contribution >= 4 is 11.0 Å². The lowest BCUT2D eigenvalue weighted by atomic mass is 10.2. The third-order valence-electron chi connectivity index (χ3n) is 2.94. The van der Waals surface area contributed by atoms with Gasteiger partial charge < -0.3 is 14.3 Å². The van der Waals surface area contributed by atoms with Crippen molar-refractivity contribution in [1.82, 2.24) is 4.90 Å². The highest BCUT2D eigenvalue weighted by atomic mass is 19.1. The van der Waals surface area contributed by atoms with Crippen molar-refractivity contribution in [3.63, 3.8) is 0 Å². The number of rotatable bonds is 7. The largest absolute Gasteiger partial charge is 0.460 e. The third kappa shape index (κ3) is 3.76. The molecule has 0 saturated carbocycles. The van der Waals surface area contributed by atoms with Crippen LogP contribution in [0.3, 0.4) is 0 Å². The number of fused-ring (bicyclic) bond motifs is 1. The van der Waals surface area contributed by atoms with Gasteiger partial charge in [0.05, 0.1) is 19.8 Å². The Morgan fingerprint density at radius 1 is 1.32 bits per heavy atom. The standard InChI is InChI=1S/C14H18FNO3/c1-18-7-5-16(4-6-17)10-13-9-11-8-12(15)2-3-14(11)19-13/h2-3,8-9,17H,4-7,10H2,1H3. The second-order valence-corrected chi connectivity index (χ2v) is 4.39. The Hall–Kier alpha value is -1.43. The summed E-state index contributed by atoms with van der Waals surface area (Å²) in [5.74, 6) is 0.483. The molecule has 2 rings (SSSR count). The normalized spacial score (nSPS) is 11.6. The number of ether oxygens (including phenoxy) is 1. The van der Waals surface area contributed by atoms with Crippen molar-refractivity contribution in [1.29, 1.82) is 0 Å². The molecule has 0 amide bonds. The monoisotopic (exact) mass is 267 g/mol. The fourth-order valence-corrected chi connectivity index (χ4v) is 2.00. The van der Waals surface area contributed by atoms with Crippen LogP contribution in [0.5, 0.6) is 0 Å². The van der Waals surface area contributed by atoms with Crippen molar-refractivity contribution in [3.8, 4) is 0 Å². The van der Waals surface area contributed by atoms with Gasteiger partial charge in [-0.3, -0.25) is 4.90 Å². The van der Waals surface area contributed by atoms with Crippen molar-refractivity contribution in [2.24, 2.45) is 0 Å². The van der Waals surface area contributed by atoms with Crippen molar-refractivity contribution in [2.75, 3.05) is 33.4 Å². The topological polar surface area (TPSA) is 45.8 Å². The molecule has 0 aliphatic heterocycles. The first kappa shape index (κ1) is 14.0. The zero-order chi connectivity index (χ0) is 13.7. The Kier molecular flexibility index (Phi) is 4.90. The van der Waals surface area contributed by atoms with E-state index in [1.807, 2.05) is 11.0 Å². The highest BCUT2D eigenvalue weighted by Gasteiger charge is 2.10. The molecular weight excluding hydrogens is 249 g/mol. The number of aliphatic hydroxyl groups is 1. The smallest absolute Gasteiger partial charge is 0.134 e. The van der Waals surface area contributed by atoms with Crippen LogP contribution in [0.25, 0.3) is 11.0 Å². The number of hydrogen-bond donors (Lipinski definition) is 1. The lowest BCUT2D eigenvalue weighted by molar-refractivity contribution is 0.122. The molecule has 0 bridgehead atoms. The molecule has 1 aromatic carbocycles. The van der Waals surface area contributed by atoms with Crippen molar-refractivity contribution < 1.29 is 18.7 Å². The van der Waals surface area contributed by atoms with E-state index in [1.165, 1.54) is 12.1 Å². The molecule has 2 aromatic rings. The molecule has 0 saturated heterocycles. The number of nitrogens with zero attached hydrogens (tertiary/aromatic N) is 1. The maximum absolute atomic E-state index is 13.1. The molecule has 5 heteroatoms. The van der Waals surface area contributed by atoms with E-state index >= 15 is 0 Å². The maximum Gasteiger partial charge on any atom is 0.134 e. The fraction of sp³-hybridized carbons (Fsp3) is 0.429. The highest BCUT2D eigenvalue weighted by molar-refractivity contribution is 5.77. The molecule has 1 N–H and O–H groups in total. The van der Waals surface area contributed by atoms with Gasteiger partial charge in [-0.15, -0.1) is 0 Å². The molecule has 0 fully saturated rings. The van der Waals surface area contributed by atoms with Gasteiger partial charge in [-0.1, -0.05) is 0 Å². The van der Waals surface area contributed by atoms with Crippen LogP contribution in [-0.4, -0.2) is 43.4 Å². The summed E-state index contributed by atoms with van der Waals surface area (Å²) in [7, 11) is 1.64. The summed E-state index contributed by atoms with van der Waals surface area (Å²) in [6.07, 6.45) is 0. The Morgan fingerprint density at radius 3 is 2.89 bits per heavy atom. The third-order valence-corrected chi connectivity index (χ3v) is 2.94. The van der Waals surface area contributed by atoms with Crippen LogP contribution in [0.1, 0.15) is 5.76 Å². The summed E-state index contributed by atoms with van der Waals surface area (Å²) in [5.41, 5.74) is 0.673. The van der Waals surface area contributed by atoms with Gasteiger partial charge in [-0.25, -0.2) is 4.39 Å². The van der Waals surface area contributed by atoms with Crippen LogP contribution in [-0.2, 0) is 11.3 Å². The van der Waals surface area contributed by atoms with E-state index < -0.39 is 0 Å². The van der Waals surface area contributed by atoms with Gasteiger partial charge in [0.2, 0.25) is 0 Å². The van der Waals surface area contributed by atoms with Crippen LogP contribution < -0.4 is 0 Å². The first-order valence-electron chi connectivity index (χ1n) is 6.23. The minimum absolute atomic E-state index is 0.0819. The molecule has 0 spiro atoms. The van der Waals surface area contributed by atoms with Gasteiger partial charge in [0, 0.05) is 25.6 Å². The lowest BCUT2D eigenvalue weighted by Crippen LogP contribution is -2.29. The summed E-state index contributed by atoms with van der Waals surface area (Å²) in [6.45, 7) is 2.50. The predicted molar refractivity (Wildman–Crippen MR) is 70.4 cm³/mol. The van der Waals surface area contributed by atoms with E-state index in [1.54, 1.807) is 13.2 Å². The van der Waals surface area contributed by atoms with Crippen molar-refractivity contribution in [2.45, 2.75) is 6.54 Å². The number of benzene rings is 1. The zero-order valence-corrected chi connectivity index (χ0v) is 10.9. The fourth-order valence-electron chi connectivity index (χ4n) is 2.00. The number of aliphatic hydroxyl groups excluding tert-OH is 1. The highest BCUT2D eigenvalue weighted by Crippen LogP contribution is 2.21. The minimum atomic E-state index is -0.272. The van der Waals surface area contributed by atoms with Gasteiger partial charge in [0.1, 0.15) is 17.2 Å². The first-order chi connectivity index (χ1) is 9.22. The van der Waals surface area contributed by atoms with Gasteiger partial charge in [0.25, 0.3) is 0 Å². The van der Waals surface area contributed by atoms with Crippen LogP contribution in [0.15, 0.2) is 28.7 Å². The van der Waals surface area contributed by atoms with E-state index in [9.17, 15) is 4.39 Å². The van der Waals surface area contributed by atoms with E-state index in [0.717, 1.165) is 11.1 Å². The summed E-state index contributed by atoms with van der Waals surface area (Å²) in [4.78, 5) is 2.03. The van der Waals surface area contributed by atoms with Gasteiger partial charge in [0.15, 0.2) is 0 Å². The van der Waals surface area contributed by atoms with Crippen LogP contribution >= 0.6 is 0 Å². The maximum atomic E-state index is 13.1. The van der Waals surface area contributed by atoms with E-state index in [2.05, 4.69) is 0 Å². The Bertz CT molecular complexity index is 526. The summed E-state index contributed by atoms with van der Waals surface area (Å²) >= 11 is 0. The second kappa shape index (κ2) is 6.65. The number of methoxy groups -OCH3 is 1. The van der Waals surface area contributed by atoms with Gasteiger partial charge in [-0.2, -0.15) is 0 Å². The summed E-state index contributed by atoms with van der Waals surface area (Å²) in [6, 6.07) is 6.29. The van der Waals surface area contributed by atoms with Crippen LogP contribution in [0, 0.1) is 5.82 Å². The number of halogens is 1. The summed E-state index contributed by atoms with van der Waals surface area (Å²) in [5, 5.41) is 9.78. The lowest BCUT2D eigenvalue weighted by Gasteiger charge is -2.19. The average molecular weight is 267 g/mol. The quantitative estimate of drug-likeness (QED) is 0.833. The predicted octanol–water partition coefficient (Wildman–Crippen LogP) is 2.01. The van der Waals surface area contributed by atoms with Crippen LogP contribution in [0.2, 0.25) is 0 Å². The van der Waals surface area contributed by atoms with Crippen LogP contribution in [0.4, 0.5) is 4.39 Å². The minimum Gasteiger partial charge on any atom is -0.460 e. The molecule has 104 valence electrons. The Labute approximate surface area is 111 Å². The molecule has 1 heterocycles. The SMILES string of the molecule is COCCN(CCO)Cc1cc2cc(F)ccc2o1. The molecule has 0 radical (unpaired) electrons. The number of furan rings is 1. The summed E-state index contributed by atoms with van der Waals surface area (Å²) < 4.78 is 23.8. The molecule has 0 atom stereocenters. The zero-order valence-electron chi connectivity index (χ0n) is 10.9. The van der Waals surface area contributed by atoms with E-state index in [-0.39, 0.29) is 12.4 Å². The Balaban J connectivity index is 2.09. The molecule has 1 aromatic heterocycles. The Morgan fingerprint density at radius 2 is 2.16 bits per heavy atom.